The minimum Gasteiger partial charge on any atom is -0.494 e. The molecule has 0 radical (unpaired) electrons. The zero-order valence-corrected chi connectivity index (χ0v) is 14.9. The second-order valence-electron chi connectivity index (χ2n) is 6.66. The summed E-state index contributed by atoms with van der Waals surface area (Å²) in [5.41, 5.74) is 1.07. The van der Waals surface area contributed by atoms with E-state index in [9.17, 15) is 9.59 Å². The number of hydrogen-bond donors (Lipinski definition) is 1. The van der Waals surface area contributed by atoms with Crippen molar-refractivity contribution in [3.05, 3.63) is 29.8 Å². The molecule has 1 saturated heterocycles. The van der Waals surface area contributed by atoms with E-state index >= 15 is 0 Å². The van der Waals surface area contributed by atoms with E-state index in [-0.39, 0.29) is 11.9 Å². The Hall–Kier alpha value is -2.24. The van der Waals surface area contributed by atoms with Crippen molar-refractivity contribution in [3.63, 3.8) is 0 Å². The van der Waals surface area contributed by atoms with Crippen molar-refractivity contribution in [3.8, 4) is 5.75 Å². The van der Waals surface area contributed by atoms with Crippen molar-refractivity contribution in [2.24, 2.45) is 0 Å². The lowest BCUT2D eigenvalue weighted by molar-refractivity contribution is -0.127. The van der Waals surface area contributed by atoms with Crippen molar-refractivity contribution in [2.45, 2.75) is 45.2 Å². The Labute approximate surface area is 149 Å². The van der Waals surface area contributed by atoms with Gasteiger partial charge in [0.05, 0.1) is 6.61 Å². The second-order valence-corrected chi connectivity index (χ2v) is 6.66. The third kappa shape index (κ3) is 4.87. The number of carbonyl (C=O) groups excluding carboxylic acids is 2. The summed E-state index contributed by atoms with van der Waals surface area (Å²) in [7, 11) is 0. The molecule has 25 heavy (non-hydrogen) atoms. The van der Waals surface area contributed by atoms with Crippen LogP contribution in [0.1, 0.15) is 38.2 Å². The van der Waals surface area contributed by atoms with Crippen LogP contribution in [0, 0.1) is 0 Å². The lowest BCUT2D eigenvalue weighted by atomic mass is 10.2. The van der Waals surface area contributed by atoms with E-state index < -0.39 is 0 Å². The Morgan fingerprint density at radius 2 is 2.24 bits per heavy atom. The lowest BCUT2D eigenvalue weighted by Crippen LogP contribution is -2.44. The quantitative estimate of drug-likeness (QED) is 0.787. The molecule has 0 bridgehead atoms. The molecule has 1 heterocycles. The van der Waals surface area contributed by atoms with Gasteiger partial charge in [-0.25, -0.2) is 4.79 Å². The SMILES string of the molecule is CCOc1cccc(CN(C(=O)NCCN2CCCC2=O)C2CC2)c1. The van der Waals surface area contributed by atoms with Gasteiger partial charge in [-0.2, -0.15) is 0 Å². The molecule has 0 atom stereocenters. The Morgan fingerprint density at radius 1 is 1.40 bits per heavy atom. The Bertz CT molecular complexity index is 616. The van der Waals surface area contributed by atoms with Crippen LogP contribution < -0.4 is 10.1 Å². The third-order valence-electron chi connectivity index (χ3n) is 4.64. The van der Waals surface area contributed by atoms with Crippen molar-refractivity contribution in [1.82, 2.24) is 15.1 Å². The van der Waals surface area contributed by atoms with Crippen LogP contribution in [-0.2, 0) is 11.3 Å². The number of urea groups is 1. The maximum Gasteiger partial charge on any atom is 0.318 e. The second kappa shape index (κ2) is 8.23. The molecule has 6 nitrogen and oxygen atoms in total. The first-order valence-corrected chi connectivity index (χ1v) is 9.21. The summed E-state index contributed by atoms with van der Waals surface area (Å²) in [4.78, 5) is 27.9. The van der Waals surface area contributed by atoms with Crippen molar-refractivity contribution < 1.29 is 14.3 Å². The molecule has 0 spiro atoms. The van der Waals surface area contributed by atoms with Gasteiger partial charge in [-0.05, 0) is 43.9 Å². The number of benzene rings is 1. The van der Waals surface area contributed by atoms with Gasteiger partial charge in [-0.3, -0.25) is 4.79 Å². The van der Waals surface area contributed by atoms with Crippen LogP contribution >= 0.6 is 0 Å². The monoisotopic (exact) mass is 345 g/mol. The van der Waals surface area contributed by atoms with E-state index in [1.165, 1.54) is 0 Å². The number of nitrogens with one attached hydrogen (secondary N) is 1. The number of rotatable bonds is 8. The van der Waals surface area contributed by atoms with Gasteiger partial charge < -0.3 is 19.9 Å². The molecule has 2 fully saturated rings. The normalized spacial score (nSPS) is 16.8. The van der Waals surface area contributed by atoms with E-state index in [4.69, 9.17) is 4.74 Å². The molecule has 1 aromatic rings. The molecule has 3 amide bonds. The predicted molar refractivity (Wildman–Crippen MR) is 95.4 cm³/mol. The topological polar surface area (TPSA) is 61.9 Å². The first kappa shape index (κ1) is 17.6. The Morgan fingerprint density at radius 3 is 2.92 bits per heavy atom. The van der Waals surface area contributed by atoms with Gasteiger partial charge >= 0.3 is 6.03 Å². The van der Waals surface area contributed by atoms with Crippen LogP contribution in [0.5, 0.6) is 5.75 Å². The predicted octanol–water partition coefficient (Wildman–Crippen LogP) is 2.38. The molecule has 3 rings (SSSR count). The van der Waals surface area contributed by atoms with Gasteiger partial charge in [0, 0.05) is 38.6 Å². The molecule has 0 aromatic heterocycles. The summed E-state index contributed by atoms with van der Waals surface area (Å²) in [6, 6.07) is 8.19. The van der Waals surface area contributed by atoms with Crippen LogP contribution in [-0.4, -0.2) is 54.0 Å². The Balaban J connectivity index is 1.52. The number of carbonyl (C=O) groups is 2. The van der Waals surface area contributed by atoms with Gasteiger partial charge in [0.15, 0.2) is 0 Å². The van der Waals surface area contributed by atoms with Crippen LogP contribution in [0.15, 0.2) is 24.3 Å². The van der Waals surface area contributed by atoms with Gasteiger partial charge in [-0.15, -0.1) is 0 Å². The van der Waals surface area contributed by atoms with Crippen LogP contribution in [0.25, 0.3) is 0 Å². The smallest absolute Gasteiger partial charge is 0.318 e. The summed E-state index contributed by atoms with van der Waals surface area (Å²) >= 11 is 0. The van der Waals surface area contributed by atoms with Crippen molar-refractivity contribution in [2.75, 3.05) is 26.2 Å². The zero-order valence-electron chi connectivity index (χ0n) is 14.9. The third-order valence-corrected chi connectivity index (χ3v) is 4.64. The fraction of sp³-hybridized carbons (Fsp3) is 0.579. The van der Waals surface area contributed by atoms with Crippen molar-refractivity contribution in [1.29, 1.82) is 0 Å². The zero-order chi connectivity index (χ0) is 17.6. The minimum absolute atomic E-state index is 0.0454. The number of nitrogens with zero attached hydrogens (tertiary/aromatic N) is 2. The molecule has 1 aliphatic heterocycles. The molecule has 2 aliphatic rings. The van der Waals surface area contributed by atoms with Crippen LogP contribution in [0.2, 0.25) is 0 Å². The molecular weight excluding hydrogens is 318 g/mol. The standard InChI is InChI=1S/C19H27N3O3/c1-2-25-17-6-3-5-15(13-17)14-22(16-8-9-16)19(24)20-10-12-21-11-4-7-18(21)23/h3,5-6,13,16H,2,4,7-12,14H2,1H3,(H,20,24). The molecule has 1 saturated carbocycles. The Kier molecular flexibility index (Phi) is 5.79. The fourth-order valence-electron chi connectivity index (χ4n) is 3.19. The summed E-state index contributed by atoms with van der Waals surface area (Å²) in [6.07, 6.45) is 3.68. The maximum atomic E-state index is 12.6. The largest absolute Gasteiger partial charge is 0.494 e. The van der Waals surface area contributed by atoms with Gasteiger partial charge in [0.1, 0.15) is 5.75 Å². The van der Waals surface area contributed by atoms with E-state index in [2.05, 4.69) is 5.32 Å². The number of likely N-dealkylation sites (tertiary alicyclic amines) is 1. The van der Waals surface area contributed by atoms with Gasteiger partial charge in [0.25, 0.3) is 0 Å². The summed E-state index contributed by atoms with van der Waals surface area (Å²) < 4.78 is 5.54. The molecule has 136 valence electrons. The maximum absolute atomic E-state index is 12.6. The lowest BCUT2D eigenvalue weighted by Gasteiger charge is -2.24. The van der Waals surface area contributed by atoms with Crippen molar-refractivity contribution >= 4 is 11.9 Å². The van der Waals surface area contributed by atoms with Crippen LogP contribution in [0.3, 0.4) is 0 Å². The average molecular weight is 345 g/mol. The highest BCUT2D eigenvalue weighted by Gasteiger charge is 2.32. The molecule has 1 N–H and O–H groups in total. The highest BCUT2D eigenvalue weighted by molar-refractivity contribution is 5.78. The van der Waals surface area contributed by atoms with E-state index in [0.29, 0.717) is 38.7 Å². The summed E-state index contributed by atoms with van der Waals surface area (Å²) in [6.45, 7) is 5.09. The molecule has 1 aromatic carbocycles. The number of ether oxygens (including phenoxy) is 1. The van der Waals surface area contributed by atoms with E-state index in [1.807, 2.05) is 41.0 Å². The van der Waals surface area contributed by atoms with Gasteiger partial charge in [-0.1, -0.05) is 12.1 Å². The highest BCUT2D eigenvalue weighted by atomic mass is 16.5. The minimum atomic E-state index is -0.0454. The van der Waals surface area contributed by atoms with E-state index in [0.717, 1.165) is 37.1 Å². The summed E-state index contributed by atoms with van der Waals surface area (Å²) in [5, 5.41) is 2.97. The first-order valence-electron chi connectivity index (χ1n) is 9.21. The molecule has 1 aliphatic carbocycles. The average Bonchev–Trinajstić information content (AvgIpc) is 3.36. The highest BCUT2D eigenvalue weighted by Crippen LogP contribution is 2.29. The first-order chi connectivity index (χ1) is 12.2. The molecule has 0 unspecified atom stereocenters. The number of amides is 3. The summed E-state index contributed by atoms with van der Waals surface area (Å²) in [5.74, 6) is 1.03. The van der Waals surface area contributed by atoms with E-state index in [1.54, 1.807) is 0 Å². The van der Waals surface area contributed by atoms with Gasteiger partial charge in [0.2, 0.25) is 5.91 Å². The molecular formula is C19H27N3O3. The van der Waals surface area contributed by atoms with Crippen LogP contribution in [0.4, 0.5) is 4.79 Å². The fourth-order valence-corrected chi connectivity index (χ4v) is 3.19. The molecule has 6 heteroatoms. The number of hydrogen-bond acceptors (Lipinski definition) is 3.